The van der Waals surface area contributed by atoms with Crippen LogP contribution in [0.3, 0.4) is 0 Å². The van der Waals surface area contributed by atoms with Gasteiger partial charge in [0.05, 0.1) is 12.9 Å². The third-order valence-corrected chi connectivity index (χ3v) is 8.78. The molecular weight excluding hydrogens is 690 g/mol. The van der Waals surface area contributed by atoms with Crippen molar-refractivity contribution < 1.29 is 56.2 Å². The number of aromatic nitrogens is 4. The van der Waals surface area contributed by atoms with Crippen LogP contribution in [0.5, 0.6) is 0 Å². The van der Waals surface area contributed by atoms with Crippen LogP contribution in [0.15, 0.2) is 36.7 Å². The van der Waals surface area contributed by atoms with Crippen LogP contribution in [0.2, 0.25) is 5.28 Å². The number of amides is 3. The number of fused-ring (bicyclic) bond motifs is 1. The van der Waals surface area contributed by atoms with E-state index in [0.717, 1.165) is 0 Å². The van der Waals surface area contributed by atoms with E-state index >= 15 is 0 Å². The Kier molecular flexibility index (Phi) is 9.67. The normalized spacial score (nSPS) is 24.7. The number of halogens is 1. The van der Waals surface area contributed by atoms with Gasteiger partial charge >= 0.3 is 22.5 Å². The number of aliphatic hydroxyl groups is 2. The lowest BCUT2D eigenvalue weighted by molar-refractivity contribution is -0.951. The Hall–Kier alpha value is -3.98. The van der Waals surface area contributed by atoms with E-state index in [4.69, 9.17) is 30.1 Å². The van der Waals surface area contributed by atoms with E-state index in [-0.39, 0.29) is 28.7 Å². The van der Waals surface area contributed by atoms with E-state index in [1.54, 1.807) is 71.9 Å². The van der Waals surface area contributed by atoms with Crippen molar-refractivity contribution in [2.24, 2.45) is 0 Å². The number of hydroxylamine groups is 3. The maximum Gasteiger partial charge on any atom is 0.610 e. The fraction of sp³-hybridized carbons (Fsp3) is 0.517. The Morgan fingerprint density at radius 1 is 1.10 bits per heavy atom. The van der Waals surface area contributed by atoms with E-state index in [9.17, 15) is 33.0 Å². The summed E-state index contributed by atoms with van der Waals surface area (Å²) in [5, 5.41) is 23.7. The first kappa shape index (κ1) is 36.3. The molecule has 18 nitrogen and oxygen atoms in total. The average molecular weight is 727 g/mol. The topological polar surface area (TPSA) is 234 Å². The monoisotopic (exact) mass is 726 g/mol. The van der Waals surface area contributed by atoms with E-state index in [1.807, 2.05) is 4.72 Å². The van der Waals surface area contributed by atoms with Crippen LogP contribution in [0.1, 0.15) is 53.3 Å². The zero-order valence-corrected chi connectivity index (χ0v) is 28.9. The van der Waals surface area contributed by atoms with Crippen LogP contribution in [0.25, 0.3) is 11.2 Å². The summed E-state index contributed by atoms with van der Waals surface area (Å²) >= 11 is 6.09. The predicted molar refractivity (Wildman–Crippen MR) is 170 cm³/mol. The van der Waals surface area contributed by atoms with Crippen LogP contribution < -0.4 is 10.0 Å². The number of ether oxygens (including phenoxy) is 2. The maximum absolute atomic E-state index is 13.5. The second kappa shape index (κ2) is 13.0. The number of quaternary nitrogens is 1. The summed E-state index contributed by atoms with van der Waals surface area (Å²) in [5.41, 5.74) is -1.05. The van der Waals surface area contributed by atoms with Crippen LogP contribution in [-0.2, 0) is 40.0 Å². The van der Waals surface area contributed by atoms with Crippen molar-refractivity contribution in [2.75, 3.05) is 11.9 Å². The summed E-state index contributed by atoms with van der Waals surface area (Å²) in [4.78, 5) is 55.9. The molecule has 0 bridgehead atoms. The van der Waals surface area contributed by atoms with Crippen molar-refractivity contribution in [1.29, 1.82) is 0 Å². The number of carbonyl (C=O) groups is 3. The zero-order valence-electron chi connectivity index (χ0n) is 27.4. The Labute approximate surface area is 286 Å². The van der Waals surface area contributed by atoms with Gasteiger partial charge in [-0.1, -0.05) is 30.3 Å². The quantitative estimate of drug-likeness (QED) is 0.133. The van der Waals surface area contributed by atoms with Gasteiger partial charge in [0.2, 0.25) is 11.3 Å². The molecule has 5 rings (SSSR count). The van der Waals surface area contributed by atoms with E-state index in [0.29, 0.717) is 5.56 Å². The smallest absolute Gasteiger partial charge is 0.444 e. The zero-order chi connectivity index (χ0) is 36.1. The molecule has 4 heterocycles. The molecule has 0 spiro atoms. The third-order valence-electron chi connectivity index (χ3n) is 7.71. The number of hydrogen-bond acceptors (Lipinski definition) is 14. The lowest BCUT2D eigenvalue weighted by atomic mass is 9.98. The van der Waals surface area contributed by atoms with E-state index in [2.05, 4.69) is 20.3 Å². The first-order valence-corrected chi connectivity index (χ1v) is 16.8. The minimum absolute atomic E-state index is 0.00374. The Morgan fingerprint density at radius 2 is 1.76 bits per heavy atom. The average Bonchev–Trinajstić information content (AvgIpc) is 3.37. The molecule has 0 saturated carbocycles. The van der Waals surface area contributed by atoms with Gasteiger partial charge in [0.15, 0.2) is 23.2 Å². The SMILES string of the molecule is CC(C)(C)OC(=O)Nc1nc(Cl)nc2c1ncn2[C@@H]1O[C@H](COS(=O)(=O)NC(=O)[C@H](Cc2ccccc2)[N+]2(C(C)(C)C)OC2=O)[C@@H](O)[C@H]1O. The number of benzene rings is 1. The minimum atomic E-state index is -4.84. The van der Waals surface area contributed by atoms with Crippen molar-refractivity contribution in [3.8, 4) is 0 Å². The summed E-state index contributed by atoms with van der Waals surface area (Å²) in [7, 11) is -4.84. The van der Waals surface area contributed by atoms with E-state index < -0.39 is 81.4 Å². The number of aliphatic hydroxyl groups excluding tert-OH is 2. The highest BCUT2D eigenvalue weighted by Gasteiger charge is 2.75. The van der Waals surface area contributed by atoms with Gasteiger partial charge in [-0.2, -0.15) is 28.0 Å². The standard InChI is InChI=1S/C29H36ClN7O11S/c1-28(2,3)37(27(42)48-37)16(12-15-10-8-7-9-11-15)23(40)35-49(43,44)45-13-17-19(38)20(39)24(46-17)36-14-31-18-21(32-25(30)34-22(18)36)33-26(41)47-29(4,5)6/h7-11,14,16-17,19-20,24,38-39H,12-13H2,1-6H3,(H-,32,33,34,35,40,41)/p+1/t16-,17+,19+,20+,24+,37?/m0/s1. The number of anilines is 1. The molecule has 6 atom stereocenters. The molecule has 4 N–H and O–H groups in total. The minimum Gasteiger partial charge on any atom is -0.444 e. The number of imidazole rings is 1. The molecule has 3 amide bonds. The highest BCUT2D eigenvalue weighted by molar-refractivity contribution is 7.85. The summed E-state index contributed by atoms with van der Waals surface area (Å²) < 4.78 is 44.3. The van der Waals surface area contributed by atoms with Crippen molar-refractivity contribution in [1.82, 2.24) is 24.2 Å². The fourth-order valence-electron chi connectivity index (χ4n) is 5.43. The second-order valence-corrected chi connectivity index (χ2v) is 15.1. The van der Waals surface area contributed by atoms with Crippen LogP contribution >= 0.6 is 11.6 Å². The molecule has 20 heteroatoms. The van der Waals surface area contributed by atoms with Gasteiger partial charge in [-0.05, 0) is 63.4 Å². The molecule has 49 heavy (non-hydrogen) atoms. The number of nitrogens with zero attached hydrogens (tertiary/aromatic N) is 5. The van der Waals surface area contributed by atoms with Crippen molar-refractivity contribution >= 4 is 57.0 Å². The molecule has 2 aliphatic heterocycles. The molecule has 2 aliphatic rings. The fourth-order valence-corrected chi connectivity index (χ4v) is 6.35. The Morgan fingerprint density at radius 3 is 2.35 bits per heavy atom. The molecule has 0 radical (unpaired) electrons. The summed E-state index contributed by atoms with van der Waals surface area (Å²) in [6, 6.07) is 7.38. The van der Waals surface area contributed by atoms with Gasteiger partial charge in [0.1, 0.15) is 29.5 Å². The lowest BCUT2D eigenvalue weighted by Crippen LogP contribution is -2.59. The number of hydrogen-bond donors (Lipinski definition) is 4. The molecule has 3 aromatic rings. The van der Waals surface area contributed by atoms with Crippen LogP contribution in [-0.4, -0.2) is 103 Å². The molecule has 2 fully saturated rings. The molecule has 266 valence electrons. The molecule has 1 aromatic carbocycles. The molecule has 1 unspecified atom stereocenters. The Balaban J connectivity index is 1.29. The summed E-state index contributed by atoms with van der Waals surface area (Å²) in [5.74, 6) is -1.17. The highest BCUT2D eigenvalue weighted by Crippen LogP contribution is 2.43. The van der Waals surface area contributed by atoms with Crippen LogP contribution in [0.4, 0.5) is 15.4 Å². The van der Waals surface area contributed by atoms with E-state index in [1.165, 1.54) is 10.9 Å². The predicted octanol–water partition coefficient (Wildman–Crippen LogP) is 2.12. The van der Waals surface area contributed by atoms with Crippen molar-refractivity contribution in [3.05, 3.63) is 47.5 Å². The largest absolute Gasteiger partial charge is 0.610 e. The summed E-state index contributed by atoms with van der Waals surface area (Å²) in [6.07, 6.45) is -6.50. The third kappa shape index (κ3) is 7.62. The van der Waals surface area contributed by atoms with Gasteiger partial charge in [-0.15, -0.1) is 0 Å². The molecular formula is C29H37ClN7O11S+. The lowest BCUT2D eigenvalue weighted by Gasteiger charge is -2.29. The second-order valence-electron chi connectivity index (χ2n) is 13.4. The number of carbonyl (C=O) groups excluding carboxylic acids is 3. The molecule has 2 aromatic heterocycles. The van der Waals surface area contributed by atoms with Gasteiger partial charge < -0.3 is 19.7 Å². The van der Waals surface area contributed by atoms with Gasteiger partial charge in [0.25, 0.3) is 5.91 Å². The highest BCUT2D eigenvalue weighted by atomic mass is 35.5. The van der Waals surface area contributed by atoms with Gasteiger partial charge in [0, 0.05) is 6.42 Å². The molecule has 2 saturated heterocycles. The number of nitrogens with one attached hydrogen (secondary N) is 2. The van der Waals surface area contributed by atoms with Gasteiger partial charge in [-0.3, -0.25) is 18.9 Å². The maximum atomic E-state index is 13.5. The van der Waals surface area contributed by atoms with Gasteiger partial charge in [-0.25, -0.2) is 14.5 Å². The van der Waals surface area contributed by atoms with Crippen LogP contribution in [0, 0.1) is 0 Å². The Bertz CT molecular complexity index is 1860. The van der Waals surface area contributed by atoms with Crippen molar-refractivity contribution in [3.63, 3.8) is 0 Å². The summed E-state index contributed by atoms with van der Waals surface area (Å²) in [6.45, 7) is 9.21. The molecule has 0 aliphatic carbocycles. The number of rotatable bonds is 10. The first-order valence-electron chi connectivity index (χ1n) is 15.0. The van der Waals surface area contributed by atoms with Crippen molar-refractivity contribution in [2.45, 2.75) is 89.7 Å². The first-order chi connectivity index (χ1) is 22.7.